The lowest BCUT2D eigenvalue weighted by Gasteiger charge is -2.09. The molecule has 0 saturated heterocycles. The Bertz CT molecular complexity index is 654. The fraction of sp³-hybridized carbons (Fsp3) is 0. The van der Waals surface area contributed by atoms with Crippen LogP contribution in [0.2, 0.25) is 0 Å². The van der Waals surface area contributed by atoms with Gasteiger partial charge in [-0.1, -0.05) is 18.2 Å². The third-order valence-electron chi connectivity index (χ3n) is 2.27. The first kappa shape index (κ1) is 12.3. The second-order valence-corrected chi connectivity index (χ2v) is 5.19. The lowest BCUT2D eigenvalue weighted by molar-refractivity contribution is 0.487. The average molecular weight is 264 g/mol. The summed E-state index contributed by atoms with van der Waals surface area (Å²) in [6.07, 6.45) is 0. The Balaban J connectivity index is 2.34. The van der Waals surface area contributed by atoms with Crippen molar-refractivity contribution in [3.63, 3.8) is 0 Å². The summed E-state index contributed by atoms with van der Waals surface area (Å²) in [7, 11) is -3.87. The van der Waals surface area contributed by atoms with Crippen molar-refractivity contribution in [1.29, 1.82) is 0 Å². The van der Waals surface area contributed by atoms with Crippen molar-refractivity contribution in [2.75, 3.05) is 11.5 Å². The van der Waals surface area contributed by atoms with E-state index >= 15 is 0 Å². The maximum atomic E-state index is 11.9. The van der Waals surface area contributed by atoms with Gasteiger partial charge in [-0.25, -0.2) is 0 Å². The van der Waals surface area contributed by atoms with Crippen molar-refractivity contribution in [3.8, 4) is 5.75 Å². The lowest BCUT2D eigenvalue weighted by Crippen LogP contribution is -2.10. The summed E-state index contributed by atoms with van der Waals surface area (Å²) in [5.41, 5.74) is 11.8. The van der Waals surface area contributed by atoms with E-state index in [0.717, 1.165) is 0 Å². The van der Waals surface area contributed by atoms with Gasteiger partial charge in [0.15, 0.2) is 5.75 Å². The predicted octanol–water partition coefficient (Wildman–Crippen LogP) is 1.62. The smallest absolute Gasteiger partial charge is 0.339 e. The summed E-state index contributed by atoms with van der Waals surface area (Å²) in [4.78, 5) is 0.0706. The highest BCUT2D eigenvalue weighted by Gasteiger charge is 2.17. The first-order valence-electron chi connectivity index (χ1n) is 5.13. The number of benzene rings is 2. The summed E-state index contributed by atoms with van der Waals surface area (Å²) in [5.74, 6) is 0.0630. The van der Waals surface area contributed by atoms with Crippen LogP contribution in [0.3, 0.4) is 0 Å². The quantitative estimate of drug-likeness (QED) is 0.648. The molecule has 94 valence electrons. The number of nitrogens with two attached hydrogens (primary N) is 2. The lowest BCUT2D eigenvalue weighted by atomic mass is 10.3. The highest BCUT2D eigenvalue weighted by atomic mass is 32.2. The van der Waals surface area contributed by atoms with Crippen molar-refractivity contribution in [2.45, 2.75) is 4.90 Å². The number of hydrogen-bond donors (Lipinski definition) is 2. The van der Waals surface area contributed by atoms with Crippen molar-refractivity contribution in [2.24, 2.45) is 0 Å². The molecule has 0 saturated carbocycles. The van der Waals surface area contributed by atoms with E-state index in [9.17, 15) is 8.42 Å². The topological polar surface area (TPSA) is 95.4 Å². The number of hydrogen-bond acceptors (Lipinski definition) is 5. The second-order valence-electron chi connectivity index (χ2n) is 3.65. The minimum atomic E-state index is -3.87. The van der Waals surface area contributed by atoms with E-state index in [-0.39, 0.29) is 16.3 Å². The summed E-state index contributed by atoms with van der Waals surface area (Å²) >= 11 is 0. The van der Waals surface area contributed by atoms with E-state index in [1.807, 2.05) is 0 Å². The zero-order chi connectivity index (χ0) is 13.2. The van der Waals surface area contributed by atoms with E-state index in [2.05, 4.69) is 0 Å². The molecule has 0 aliphatic rings. The van der Waals surface area contributed by atoms with Crippen molar-refractivity contribution < 1.29 is 12.6 Å². The predicted molar refractivity (Wildman–Crippen MR) is 69.5 cm³/mol. The molecule has 0 fully saturated rings. The SMILES string of the molecule is Nc1ccc(OS(=O)(=O)c2ccccc2)c(N)c1. The van der Waals surface area contributed by atoms with Crippen molar-refractivity contribution in [3.05, 3.63) is 48.5 Å². The van der Waals surface area contributed by atoms with Gasteiger partial charge in [-0.3, -0.25) is 0 Å². The third-order valence-corrected chi connectivity index (χ3v) is 3.51. The van der Waals surface area contributed by atoms with Crippen LogP contribution in [0.25, 0.3) is 0 Å². The Kier molecular flexibility index (Phi) is 3.12. The van der Waals surface area contributed by atoms with Gasteiger partial charge in [-0.05, 0) is 30.3 Å². The highest BCUT2D eigenvalue weighted by Crippen LogP contribution is 2.26. The summed E-state index contributed by atoms with van der Waals surface area (Å²) in [5, 5.41) is 0. The molecule has 0 spiro atoms. The molecule has 0 aromatic heterocycles. The van der Waals surface area contributed by atoms with E-state index < -0.39 is 10.1 Å². The molecule has 0 heterocycles. The van der Waals surface area contributed by atoms with Crippen LogP contribution >= 0.6 is 0 Å². The van der Waals surface area contributed by atoms with E-state index in [1.54, 1.807) is 18.2 Å². The molecule has 0 bridgehead atoms. The molecule has 0 amide bonds. The first-order valence-corrected chi connectivity index (χ1v) is 6.54. The summed E-state index contributed by atoms with van der Waals surface area (Å²) in [6, 6.07) is 12.2. The largest absolute Gasteiger partial charge is 0.399 e. The molecule has 4 N–H and O–H groups in total. The molecule has 2 aromatic rings. The van der Waals surface area contributed by atoms with Crippen molar-refractivity contribution in [1.82, 2.24) is 0 Å². The summed E-state index contributed by atoms with van der Waals surface area (Å²) < 4.78 is 28.8. The molecule has 0 radical (unpaired) electrons. The molecule has 5 nitrogen and oxygen atoms in total. The van der Waals surface area contributed by atoms with Gasteiger partial charge in [0.05, 0.1) is 5.69 Å². The van der Waals surface area contributed by atoms with Crippen LogP contribution in [-0.2, 0) is 10.1 Å². The van der Waals surface area contributed by atoms with Gasteiger partial charge >= 0.3 is 10.1 Å². The van der Waals surface area contributed by atoms with Gasteiger partial charge < -0.3 is 15.7 Å². The normalized spacial score (nSPS) is 11.1. The van der Waals surface area contributed by atoms with Crippen LogP contribution in [0.15, 0.2) is 53.4 Å². The number of rotatable bonds is 3. The standard InChI is InChI=1S/C12H12N2O3S/c13-9-6-7-12(11(14)8-9)17-18(15,16)10-4-2-1-3-5-10/h1-8H,13-14H2. The van der Waals surface area contributed by atoms with Crippen LogP contribution in [0.4, 0.5) is 11.4 Å². The van der Waals surface area contributed by atoms with Crippen LogP contribution in [-0.4, -0.2) is 8.42 Å². The van der Waals surface area contributed by atoms with Gasteiger partial charge in [0.25, 0.3) is 0 Å². The number of anilines is 2. The molecule has 0 atom stereocenters. The maximum absolute atomic E-state index is 11.9. The molecular weight excluding hydrogens is 252 g/mol. The summed E-state index contributed by atoms with van der Waals surface area (Å²) in [6.45, 7) is 0. The van der Waals surface area contributed by atoms with Gasteiger partial charge in [0, 0.05) is 5.69 Å². The highest BCUT2D eigenvalue weighted by molar-refractivity contribution is 7.87. The average Bonchev–Trinajstić information content (AvgIpc) is 2.34. The molecule has 0 aliphatic carbocycles. The minimum Gasteiger partial charge on any atom is -0.399 e. The third kappa shape index (κ3) is 2.54. The minimum absolute atomic E-state index is 0.0630. The van der Waals surface area contributed by atoms with Gasteiger partial charge in [-0.2, -0.15) is 8.42 Å². The maximum Gasteiger partial charge on any atom is 0.339 e. The zero-order valence-corrected chi connectivity index (χ0v) is 10.2. The molecule has 0 aliphatic heterocycles. The van der Waals surface area contributed by atoms with E-state index in [0.29, 0.717) is 5.69 Å². The van der Waals surface area contributed by atoms with Crippen LogP contribution in [0.1, 0.15) is 0 Å². The Hall–Kier alpha value is -2.21. The van der Waals surface area contributed by atoms with Gasteiger partial charge in [0.2, 0.25) is 0 Å². The van der Waals surface area contributed by atoms with Crippen molar-refractivity contribution >= 4 is 21.5 Å². The fourth-order valence-corrected chi connectivity index (χ4v) is 2.37. The Morgan fingerprint density at radius 1 is 0.944 bits per heavy atom. The van der Waals surface area contributed by atoms with E-state index in [1.165, 1.54) is 30.3 Å². The molecule has 2 rings (SSSR count). The van der Waals surface area contributed by atoms with Crippen LogP contribution in [0.5, 0.6) is 5.75 Å². The Morgan fingerprint density at radius 2 is 1.61 bits per heavy atom. The van der Waals surface area contributed by atoms with Crippen LogP contribution < -0.4 is 15.7 Å². The molecule has 0 unspecified atom stereocenters. The zero-order valence-electron chi connectivity index (χ0n) is 9.41. The van der Waals surface area contributed by atoms with Crippen LogP contribution in [0, 0.1) is 0 Å². The second kappa shape index (κ2) is 4.58. The van der Waals surface area contributed by atoms with Gasteiger partial charge in [-0.15, -0.1) is 0 Å². The van der Waals surface area contributed by atoms with Gasteiger partial charge in [0.1, 0.15) is 4.90 Å². The molecular formula is C12H12N2O3S. The molecule has 6 heteroatoms. The molecule has 18 heavy (non-hydrogen) atoms. The first-order chi connectivity index (χ1) is 8.49. The number of nitrogen functional groups attached to an aromatic ring is 2. The monoisotopic (exact) mass is 264 g/mol. The molecule has 2 aromatic carbocycles. The Labute approximate surface area is 105 Å². The Morgan fingerprint density at radius 3 is 2.22 bits per heavy atom. The fourth-order valence-electron chi connectivity index (χ4n) is 1.40. The van der Waals surface area contributed by atoms with E-state index in [4.69, 9.17) is 15.7 Å².